The highest BCUT2D eigenvalue weighted by Crippen LogP contribution is 2.34. The molecule has 8 nitrogen and oxygen atoms in total. The Morgan fingerprint density at radius 1 is 0.953 bits per heavy atom. The van der Waals surface area contributed by atoms with Crippen LogP contribution >= 0.6 is 22.9 Å². The Bertz CT molecular complexity index is 1590. The molecule has 0 radical (unpaired) electrons. The molecule has 224 valence electrons. The molecule has 43 heavy (non-hydrogen) atoms. The lowest BCUT2D eigenvalue weighted by atomic mass is 10.1. The predicted octanol–water partition coefficient (Wildman–Crippen LogP) is 6.54. The van der Waals surface area contributed by atoms with E-state index in [9.17, 15) is 0 Å². The minimum atomic E-state index is 0.256. The molecule has 2 aliphatic heterocycles. The summed E-state index contributed by atoms with van der Waals surface area (Å²) in [6.45, 7) is 10.2. The van der Waals surface area contributed by atoms with Crippen LogP contribution in [0.25, 0.3) is 5.70 Å². The van der Waals surface area contributed by atoms with E-state index in [1.54, 1.807) is 25.6 Å². The third kappa shape index (κ3) is 6.69. The molecule has 0 unspecified atom stereocenters. The minimum Gasteiger partial charge on any atom is -0.497 e. The maximum absolute atomic E-state index is 6.44. The second-order valence-corrected chi connectivity index (χ2v) is 11.9. The average molecular weight is 619 g/mol. The van der Waals surface area contributed by atoms with E-state index in [-0.39, 0.29) is 6.79 Å². The van der Waals surface area contributed by atoms with Crippen molar-refractivity contribution in [2.75, 3.05) is 52.1 Å². The number of thiazole rings is 1. The van der Waals surface area contributed by atoms with Crippen molar-refractivity contribution in [3.8, 4) is 23.0 Å². The fraction of sp³-hybridized carbons (Fsp3) is 0.303. The summed E-state index contributed by atoms with van der Waals surface area (Å²) in [5.41, 5.74) is 5.18. The highest BCUT2D eigenvalue weighted by molar-refractivity contribution is 7.09. The lowest BCUT2D eigenvalue weighted by Crippen LogP contribution is -2.45. The molecule has 6 rings (SSSR count). The summed E-state index contributed by atoms with van der Waals surface area (Å²) >= 11 is 8.11. The standard InChI is InChI=1S/C33H35ClN4O4S/c1-23(37-12-14-38(15-13-37)29-7-5-4-6-27(29)34)28-21-43-33(35-28)20-36(18-24-8-11-30-32(16-24)42-22-41-30)19-25-9-10-26(39-2)17-31(25)40-3/h4-11,16-17,21H,1,12-15,18-20,22H2,2-3H3. The molecule has 0 N–H and O–H groups in total. The van der Waals surface area contributed by atoms with Gasteiger partial charge in [0.05, 0.1) is 42.9 Å². The molecule has 3 heterocycles. The van der Waals surface area contributed by atoms with Gasteiger partial charge in [-0.25, -0.2) is 4.98 Å². The monoisotopic (exact) mass is 618 g/mol. The smallest absolute Gasteiger partial charge is 0.231 e. The third-order valence-corrected chi connectivity index (χ3v) is 8.95. The number of rotatable bonds is 11. The highest BCUT2D eigenvalue weighted by atomic mass is 35.5. The molecule has 0 aliphatic carbocycles. The Labute approximate surface area is 261 Å². The molecule has 1 fully saturated rings. The topological polar surface area (TPSA) is 59.5 Å². The second kappa shape index (κ2) is 13.2. The van der Waals surface area contributed by atoms with Crippen molar-refractivity contribution in [3.63, 3.8) is 0 Å². The van der Waals surface area contributed by atoms with Gasteiger partial charge in [0, 0.05) is 56.3 Å². The number of ether oxygens (including phenoxy) is 4. The van der Waals surface area contributed by atoms with Crippen molar-refractivity contribution in [1.29, 1.82) is 0 Å². The van der Waals surface area contributed by atoms with Crippen LogP contribution in [0, 0.1) is 0 Å². The Morgan fingerprint density at radius 2 is 1.77 bits per heavy atom. The Balaban J connectivity index is 1.16. The van der Waals surface area contributed by atoms with Gasteiger partial charge in [-0.2, -0.15) is 0 Å². The number of para-hydroxylation sites is 1. The van der Waals surface area contributed by atoms with Crippen LogP contribution in [0.5, 0.6) is 23.0 Å². The van der Waals surface area contributed by atoms with Crippen LogP contribution in [0.4, 0.5) is 5.69 Å². The molecule has 1 aromatic heterocycles. The second-order valence-electron chi connectivity index (χ2n) is 10.5. The molecule has 1 saturated heterocycles. The Kier molecular flexibility index (Phi) is 8.92. The van der Waals surface area contributed by atoms with Crippen LogP contribution in [0.1, 0.15) is 21.8 Å². The molecular weight excluding hydrogens is 584 g/mol. The minimum absolute atomic E-state index is 0.256. The number of piperazine rings is 1. The number of nitrogens with zero attached hydrogens (tertiary/aromatic N) is 4. The summed E-state index contributed by atoms with van der Waals surface area (Å²) in [5.74, 6) is 3.11. The molecule has 0 saturated carbocycles. The van der Waals surface area contributed by atoms with Crippen molar-refractivity contribution in [3.05, 3.63) is 99.5 Å². The van der Waals surface area contributed by atoms with Crippen molar-refractivity contribution in [2.24, 2.45) is 0 Å². The molecule has 2 aliphatic rings. The van der Waals surface area contributed by atoms with Crippen molar-refractivity contribution < 1.29 is 18.9 Å². The van der Waals surface area contributed by atoms with Gasteiger partial charge in [-0.3, -0.25) is 4.90 Å². The number of hydrogen-bond donors (Lipinski definition) is 0. The summed E-state index contributed by atoms with van der Waals surface area (Å²) < 4.78 is 22.3. The molecule has 0 bridgehead atoms. The average Bonchev–Trinajstić information content (AvgIpc) is 3.71. The first-order chi connectivity index (χ1) is 21.0. The quantitative estimate of drug-likeness (QED) is 0.188. The summed E-state index contributed by atoms with van der Waals surface area (Å²) in [7, 11) is 3.35. The molecule has 4 aromatic rings. The number of halogens is 1. The number of fused-ring (bicyclic) bond motifs is 1. The Hall–Kier alpha value is -3.92. The van der Waals surface area contributed by atoms with Crippen LogP contribution in [0.2, 0.25) is 5.02 Å². The fourth-order valence-corrected chi connectivity index (χ4v) is 6.58. The predicted molar refractivity (Wildman–Crippen MR) is 171 cm³/mol. The normalized spacial score (nSPS) is 14.3. The highest BCUT2D eigenvalue weighted by Gasteiger charge is 2.22. The van der Waals surface area contributed by atoms with E-state index in [0.29, 0.717) is 19.6 Å². The molecular formula is C33H35ClN4O4S. The number of hydrogen-bond acceptors (Lipinski definition) is 9. The van der Waals surface area contributed by atoms with Gasteiger partial charge in [0.2, 0.25) is 6.79 Å². The summed E-state index contributed by atoms with van der Waals surface area (Å²) in [6.07, 6.45) is 0. The van der Waals surface area contributed by atoms with E-state index in [0.717, 1.165) is 87.4 Å². The zero-order valence-corrected chi connectivity index (χ0v) is 26.0. The molecule has 0 amide bonds. The number of aromatic nitrogens is 1. The zero-order chi connectivity index (χ0) is 29.8. The maximum atomic E-state index is 6.44. The van der Waals surface area contributed by atoms with E-state index in [4.69, 9.17) is 35.5 Å². The van der Waals surface area contributed by atoms with E-state index < -0.39 is 0 Å². The largest absolute Gasteiger partial charge is 0.497 e. The van der Waals surface area contributed by atoms with Gasteiger partial charge in [0.15, 0.2) is 11.5 Å². The molecule has 0 spiro atoms. The number of methoxy groups -OCH3 is 2. The zero-order valence-electron chi connectivity index (χ0n) is 24.4. The van der Waals surface area contributed by atoms with E-state index >= 15 is 0 Å². The first-order valence-electron chi connectivity index (χ1n) is 14.2. The third-order valence-electron chi connectivity index (χ3n) is 7.79. The fourth-order valence-electron chi connectivity index (χ4n) is 5.48. The van der Waals surface area contributed by atoms with E-state index in [1.165, 1.54) is 0 Å². The van der Waals surface area contributed by atoms with Gasteiger partial charge in [-0.05, 0) is 35.9 Å². The van der Waals surface area contributed by atoms with Crippen LogP contribution < -0.4 is 23.8 Å². The summed E-state index contributed by atoms with van der Waals surface area (Å²) in [6, 6.07) is 20.1. The number of anilines is 1. The van der Waals surface area contributed by atoms with Gasteiger partial charge in [-0.1, -0.05) is 42.4 Å². The van der Waals surface area contributed by atoms with Gasteiger partial charge in [-0.15, -0.1) is 11.3 Å². The Morgan fingerprint density at radius 3 is 2.56 bits per heavy atom. The lowest BCUT2D eigenvalue weighted by molar-refractivity contribution is 0.174. The van der Waals surface area contributed by atoms with Crippen molar-refractivity contribution >= 4 is 34.3 Å². The van der Waals surface area contributed by atoms with Gasteiger partial charge in [0.1, 0.15) is 16.5 Å². The molecule has 3 aromatic carbocycles. The first-order valence-corrected chi connectivity index (χ1v) is 15.5. The van der Waals surface area contributed by atoms with E-state index in [1.807, 2.05) is 36.4 Å². The van der Waals surface area contributed by atoms with Crippen molar-refractivity contribution in [2.45, 2.75) is 19.6 Å². The molecule has 0 atom stereocenters. The maximum Gasteiger partial charge on any atom is 0.231 e. The van der Waals surface area contributed by atoms with Gasteiger partial charge < -0.3 is 28.7 Å². The summed E-state index contributed by atoms with van der Waals surface area (Å²) in [4.78, 5) is 12.0. The van der Waals surface area contributed by atoms with Gasteiger partial charge >= 0.3 is 0 Å². The van der Waals surface area contributed by atoms with Crippen LogP contribution in [0.3, 0.4) is 0 Å². The summed E-state index contributed by atoms with van der Waals surface area (Å²) in [5, 5.41) is 3.93. The van der Waals surface area contributed by atoms with E-state index in [2.05, 4.69) is 50.9 Å². The SMILES string of the molecule is C=C(c1csc(CN(Cc2ccc3c(c2)OCO3)Cc2ccc(OC)cc2OC)n1)N1CCN(c2ccccc2Cl)CC1. The van der Waals surface area contributed by atoms with Gasteiger partial charge in [0.25, 0.3) is 0 Å². The lowest BCUT2D eigenvalue weighted by Gasteiger charge is -2.38. The van der Waals surface area contributed by atoms with Crippen molar-refractivity contribution in [1.82, 2.24) is 14.8 Å². The van der Waals surface area contributed by atoms with Crippen LogP contribution in [-0.4, -0.2) is 62.0 Å². The first kappa shape index (κ1) is 29.2. The van der Waals surface area contributed by atoms with Crippen LogP contribution in [-0.2, 0) is 19.6 Å². The molecule has 10 heteroatoms. The number of benzene rings is 3. The van der Waals surface area contributed by atoms with Crippen LogP contribution in [0.15, 0.2) is 72.6 Å².